The van der Waals surface area contributed by atoms with Crippen LogP contribution in [0.1, 0.15) is 64.7 Å². The number of nitrogens with zero attached hydrogens (tertiary/aromatic N) is 1. The maximum absolute atomic E-state index is 12.5. The summed E-state index contributed by atoms with van der Waals surface area (Å²) in [5, 5.41) is 2.36. The number of unbranched alkanes of at least 4 members (excludes halogenated alkanes) is 2. The Bertz CT molecular complexity index is 389. The van der Waals surface area contributed by atoms with Crippen LogP contribution in [0.15, 0.2) is 0 Å². The third-order valence-electron chi connectivity index (χ3n) is 4.34. The van der Waals surface area contributed by atoms with Gasteiger partial charge in [-0.25, -0.2) is 4.79 Å². The molecule has 1 saturated carbocycles. The van der Waals surface area contributed by atoms with Gasteiger partial charge in [0.1, 0.15) is 5.92 Å². The predicted octanol–water partition coefficient (Wildman–Crippen LogP) is 2.59. The Labute approximate surface area is 120 Å². The molecule has 1 unspecified atom stereocenters. The van der Waals surface area contributed by atoms with Crippen LogP contribution in [0.3, 0.4) is 0 Å². The highest BCUT2D eigenvalue weighted by atomic mass is 16.2. The van der Waals surface area contributed by atoms with Crippen molar-refractivity contribution in [3.05, 3.63) is 0 Å². The van der Waals surface area contributed by atoms with Gasteiger partial charge in [-0.2, -0.15) is 0 Å². The normalized spacial score (nSPS) is 24.9. The molecule has 0 spiro atoms. The van der Waals surface area contributed by atoms with E-state index in [4.69, 9.17) is 0 Å². The summed E-state index contributed by atoms with van der Waals surface area (Å²) >= 11 is 0. The van der Waals surface area contributed by atoms with Crippen molar-refractivity contribution < 1.29 is 14.4 Å². The molecule has 0 aromatic carbocycles. The minimum Gasteiger partial charge on any atom is -0.277 e. The standard InChI is InChI=1S/C15H24N2O3/c1-2-3-5-10-12-13(18)16-15(20)17(14(12)19)11-8-6-4-7-9-11/h11-12H,2-10H2,1H3,(H,16,18,20). The molecule has 4 amide bonds. The van der Waals surface area contributed by atoms with Gasteiger partial charge in [0.25, 0.3) is 0 Å². The Morgan fingerprint density at radius 2 is 1.80 bits per heavy atom. The SMILES string of the molecule is CCCCCC1C(=O)NC(=O)N(C2CCCCC2)C1=O. The Balaban J connectivity index is 2.05. The number of nitrogens with one attached hydrogen (secondary N) is 1. The van der Waals surface area contributed by atoms with Gasteiger partial charge >= 0.3 is 6.03 Å². The van der Waals surface area contributed by atoms with Crippen LogP contribution in [0.4, 0.5) is 4.79 Å². The highest BCUT2D eigenvalue weighted by molar-refractivity contribution is 6.16. The van der Waals surface area contributed by atoms with Crippen molar-refractivity contribution in [3.8, 4) is 0 Å². The van der Waals surface area contributed by atoms with E-state index < -0.39 is 17.9 Å². The van der Waals surface area contributed by atoms with E-state index in [1.54, 1.807) is 0 Å². The maximum atomic E-state index is 12.5. The Hall–Kier alpha value is -1.39. The molecule has 1 atom stereocenters. The molecule has 0 aromatic rings. The molecule has 1 N–H and O–H groups in total. The van der Waals surface area contributed by atoms with E-state index in [0.29, 0.717) is 6.42 Å². The fourth-order valence-electron chi connectivity index (χ4n) is 3.17. The van der Waals surface area contributed by atoms with Crippen LogP contribution >= 0.6 is 0 Å². The average Bonchev–Trinajstić information content (AvgIpc) is 2.43. The molecular formula is C15H24N2O3. The topological polar surface area (TPSA) is 66.5 Å². The summed E-state index contributed by atoms with van der Waals surface area (Å²) in [6.07, 6.45) is 8.47. The number of rotatable bonds is 5. The minimum atomic E-state index is -0.666. The second kappa shape index (κ2) is 6.86. The second-order valence-electron chi connectivity index (χ2n) is 5.84. The first-order valence-corrected chi connectivity index (χ1v) is 7.83. The zero-order chi connectivity index (χ0) is 14.5. The summed E-state index contributed by atoms with van der Waals surface area (Å²) in [4.78, 5) is 37.6. The van der Waals surface area contributed by atoms with Crippen molar-refractivity contribution in [1.82, 2.24) is 10.2 Å². The maximum Gasteiger partial charge on any atom is 0.331 e. The van der Waals surface area contributed by atoms with Crippen LogP contribution < -0.4 is 5.32 Å². The van der Waals surface area contributed by atoms with Gasteiger partial charge in [-0.05, 0) is 19.3 Å². The van der Waals surface area contributed by atoms with Crippen molar-refractivity contribution in [3.63, 3.8) is 0 Å². The summed E-state index contributed by atoms with van der Waals surface area (Å²) in [5.74, 6) is -1.36. The molecule has 1 aliphatic carbocycles. The van der Waals surface area contributed by atoms with Gasteiger partial charge in [0, 0.05) is 6.04 Å². The highest BCUT2D eigenvalue weighted by Crippen LogP contribution is 2.27. The van der Waals surface area contributed by atoms with Crippen molar-refractivity contribution in [2.45, 2.75) is 70.8 Å². The van der Waals surface area contributed by atoms with Crippen LogP contribution in [-0.2, 0) is 9.59 Å². The van der Waals surface area contributed by atoms with E-state index >= 15 is 0 Å². The minimum absolute atomic E-state index is 0.0157. The first-order chi connectivity index (χ1) is 9.65. The first-order valence-electron chi connectivity index (χ1n) is 7.83. The number of urea groups is 1. The number of hydrogen-bond acceptors (Lipinski definition) is 3. The van der Waals surface area contributed by atoms with Crippen molar-refractivity contribution in [2.75, 3.05) is 0 Å². The largest absolute Gasteiger partial charge is 0.331 e. The monoisotopic (exact) mass is 280 g/mol. The fourth-order valence-corrected chi connectivity index (χ4v) is 3.17. The van der Waals surface area contributed by atoms with Gasteiger partial charge in [-0.3, -0.25) is 19.8 Å². The van der Waals surface area contributed by atoms with Gasteiger partial charge in [-0.1, -0.05) is 45.4 Å². The fraction of sp³-hybridized carbons (Fsp3) is 0.800. The van der Waals surface area contributed by atoms with E-state index in [0.717, 1.165) is 44.9 Å². The van der Waals surface area contributed by atoms with Crippen LogP contribution in [0.25, 0.3) is 0 Å². The van der Waals surface area contributed by atoms with E-state index in [1.807, 2.05) is 0 Å². The zero-order valence-electron chi connectivity index (χ0n) is 12.2. The van der Waals surface area contributed by atoms with E-state index in [2.05, 4.69) is 12.2 Å². The van der Waals surface area contributed by atoms with Crippen LogP contribution in [0.5, 0.6) is 0 Å². The van der Waals surface area contributed by atoms with Gasteiger partial charge in [0.05, 0.1) is 0 Å². The van der Waals surface area contributed by atoms with Crippen LogP contribution in [0, 0.1) is 5.92 Å². The number of carbonyl (C=O) groups excluding carboxylic acids is 3. The molecular weight excluding hydrogens is 256 g/mol. The van der Waals surface area contributed by atoms with Gasteiger partial charge in [0.2, 0.25) is 11.8 Å². The van der Waals surface area contributed by atoms with E-state index in [9.17, 15) is 14.4 Å². The zero-order valence-corrected chi connectivity index (χ0v) is 12.2. The number of imide groups is 2. The molecule has 0 aromatic heterocycles. The Morgan fingerprint density at radius 3 is 2.45 bits per heavy atom. The number of hydrogen-bond donors (Lipinski definition) is 1. The third kappa shape index (κ3) is 3.19. The first kappa shape index (κ1) is 15.0. The van der Waals surface area contributed by atoms with Gasteiger partial charge in [0.15, 0.2) is 0 Å². The number of amides is 4. The summed E-state index contributed by atoms with van der Waals surface area (Å²) in [6.45, 7) is 2.08. The smallest absolute Gasteiger partial charge is 0.277 e. The van der Waals surface area contributed by atoms with Crippen molar-refractivity contribution in [1.29, 1.82) is 0 Å². The molecule has 2 fully saturated rings. The van der Waals surface area contributed by atoms with Gasteiger partial charge in [-0.15, -0.1) is 0 Å². The van der Waals surface area contributed by atoms with Crippen molar-refractivity contribution in [2.24, 2.45) is 5.92 Å². The van der Waals surface area contributed by atoms with Gasteiger partial charge < -0.3 is 0 Å². The lowest BCUT2D eigenvalue weighted by Gasteiger charge is -2.37. The molecule has 0 bridgehead atoms. The lowest BCUT2D eigenvalue weighted by Crippen LogP contribution is -2.61. The molecule has 2 rings (SSSR count). The Morgan fingerprint density at radius 1 is 1.10 bits per heavy atom. The Kier molecular flexibility index (Phi) is 5.15. The molecule has 5 heteroatoms. The summed E-state index contributed by atoms with van der Waals surface area (Å²) in [7, 11) is 0. The highest BCUT2D eigenvalue weighted by Gasteiger charge is 2.43. The third-order valence-corrected chi connectivity index (χ3v) is 4.34. The van der Waals surface area contributed by atoms with Crippen LogP contribution in [-0.4, -0.2) is 28.8 Å². The van der Waals surface area contributed by atoms with Crippen LogP contribution in [0.2, 0.25) is 0 Å². The summed E-state index contributed by atoms with van der Waals surface area (Å²) < 4.78 is 0. The molecule has 2 aliphatic rings. The number of barbiturate groups is 1. The summed E-state index contributed by atoms with van der Waals surface area (Å²) in [6, 6.07) is -0.531. The van der Waals surface area contributed by atoms with E-state index in [1.165, 1.54) is 11.3 Å². The predicted molar refractivity (Wildman–Crippen MR) is 74.9 cm³/mol. The van der Waals surface area contributed by atoms with Crippen molar-refractivity contribution >= 4 is 17.8 Å². The lowest BCUT2D eigenvalue weighted by molar-refractivity contribution is -0.144. The number of carbonyl (C=O) groups is 3. The lowest BCUT2D eigenvalue weighted by atomic mass is 9.91. The average molecular weight is 280 g/mol. The molecule has 1 heterocycles. The molecule has 20 heavy (non-hydrogen) atoms. The molecule has 1 aliphatic heterocycles. The molecule has 112 valence electrons. The quantitative estimate of drug-likeness (QED) is 0.622. The van der Waals surface area contributed by atoms with E-state index in [-0.39, 0.29) is 11.9 Å². The molecule has 5 nitrogen and oxygen atoms in total. The molecule has 1 saturated heterocycles. The summed E-state index contributed by atoms with van der Waals surface area (Å²) in [5.41, 5.74) is 0. The molecule has 0 radical (unpaired) electrons. The second-order valence-corrected chi connectivity index (χ2v) is 5.84.